The molecule has 1 heterocycles. The number of carbonyl (C=O) groups excluding carboxylic acids is 2. The van der Waals surface area contributed by atoms with Gasteiger partial charge in [0.15, 0.2) is 0 Å². The summed E-state index contributed by atoms with van der Waals surface area (Å²) in [6.45, 7) is 8.64. The molecule has 0 saturated carbocycles. The van der Waals surface area contributed by atoms with E-state index in [1.807, 2.05) is 31.2 Å². The van der Waals surface area contributed by atoms with E-state index in [-0.39, 0.29) is 17.9 Å². The Morgan fingerprint density at radius 1 is 1.16 bits per heavy atom. The van der Waals surface area contributed by atoms with Gasteiger partial charge in [-0.25, -0.2) is 0 Å². The Labute approximate surface area is 149 Å². The molecule has 1 fully saturated rings. The topological polar surface area (TPSA) is 64.7 Å². The van der Waals surface area contributed by atoms with E-state index in [9.17, 15) is 9.59 Å². The van der Waals surface area contributed by atoms with Crippen LogP contribution in [-0.4, -0.2) is 67.4 Å². The van der Waals surface area contributed by atoms with Crippen LogP contribution in [0.5, 0.6) is 0 Å². The number of piperazine rings is 1. The van der Waals surface area contributed by atoms with Crippen molar-refractivity contribution in [1.82, 2.24) is 15.1 Å². The molecular weight excluding hydrogens is 316 g/mol. The lowest BCUT2D eigenvalue weighted by Gasteiger charge is -2.33. The van der Waals surface area contributed by atoms with Gasteiger partial charge in [-0.3, -0.25) is 14.5 Å². The van der Waals surface area contributed by atoms with E-state index in [2.05, 4.69) is 27.5 Å². The van der Waals surface area contributed by atoms with Gasteiger partial charge in [0.25, 0.3) is 0 Å². The van der Waals surface area contributed by atoms with Gasteiger partial charge in [0, 0.05) is 57.5 Å². The number of anilines is 1. The summed E-state index contributed by atoms with van der Waals surface area (Å²) >= 11 is 0. The molecule has 1 aromatic carbocycles. The largest absolute Gasteiger partial charge is 0.349 e. The number of benzene rings is 1. The molecule has 2 N–H and O–H groups in total. The van der Waals surface area contributed by atoms with Crippen molar-refractivity contribution in [3.63, 3.8) is 0 Å². The fraction of sp³-hybridized carbons (Fsp3) is 0.474. The molecule has 0 radical (unpaired) electrons. The van der Waals surface area contributed by atoms with Crippen LogP contribution in [0.15, 0.2) is 30.3 Å². The number of rotatable bonds is 6. The Morgan fingerprint density at radius 3 is 2.40 bits per heavy atom. The molecule has 6 heteroatoms. The highest BCUT2D eigenvalue weighted by molar-refractivity contribution is 5.92. The van der Waals surface area contributed by atoms with Crippen LogP contribution in [0.25, 0.3) is 6.08 Å². The molecule has 1 unspecified atom stereocenters. The predicted octanol–water partition coefficient (Wildman–Crippen LogP) is 1.41. The molecule has 25 heavy (non-hydrogen) atoms. The first-order valence-corrected chi connectivity index (χ1v) is 8.69. The molecule has 2 amide bonds. The lowest BCUT2D eigenvalue weighted by atomic mass is 10.2. The molecule has 1 aliphatic rings. The summed E-state index contributed by atoms with van der Waals surface area (Å²) in [5, 5.41) is 5.72. The highest BCUT2D eigenvalue weighted by Gasteiger charge is 2.16. The van der Waals surface area contributed by atoms with Gasteiger partial charge in [0.05, 0.1) is 0 Å². The molecule has 136 valence electrons. The third-order valence-electron chi connectivity index (χ3n) is 4.17. The average molecular weight is 344 g/mol. The highest BCUT2D eigenvalue weighted by Crippen LogP contribution is 2.10. The van der Waals surface area contributed by atoms with E-state index >= 15 is 0 Å². The summed E-state index contributed by atoms with van der Waals surface area (Å²) in [5.74, 6) is -0.190. The number of likely N-dealkylation sites (N-methyl/N-ethyl adjacent to an activating group) is 1. The second-order valence-electron chi connectivity index (χ2n) is 6.65. The van der Waals surface area contributed by atoms with Gasteiger partial charge < -0.3 is 15.5 Å². The normalized spacial score (nSPS) is 17.4. The van der Waals surface area contributed by atoms with E-state index < -0.39 is 0 Å². The van der Waals surface area contributed by atoms with Crippen molar-refractivity contribution < 1.29 is 9.59 Å². The maximum Gasteiger partial charge on any atom is 0.244 e. The fourth-order valence-electron chi connectivity index (χ4n) is 2.81. The second kappa shape index (κ2) is 9.34. The van der Waals surface area contributed by atoms with Crippen LogP contribution < -0.4 is 10.6 Å². The summed E-state index contributed by atoms with van der Waals surface area (Å²) in [4.78, 5) is 27.7. The van der Waals surface area contributed by atoms with Crippen molar-refractivity contribution >= 4 is 23.6 Å². The Bertz CT molecular complexity index is 604. The van der Waals surface area contributed by atoms with E-state index in [4.69, 9.17) is 0 Å². The maximum atomic E-state index is 12.1. The zero-order valence-electron chi connectivity index (χ0n) is 15.3. The minimum absolute atomic E-state index is 0.0902. The molecular formula is C19H28N4O2. The second-order valence-corrected chi connectivity index (χ2v) is 6.65. The molecule has 0 spiro atoms. The molecule has 1 aromatic rings. The van der Waals surface area contributed by atoms with E-state index in [1.165, 1.54) is 6.92 Å². The number of carbonyl (C=O) groups is 2. The molecule has 0 aromatic heterocycles. The molecule has 1 aliphatic heterocycles. The average Bonchev–Trinajstić information content (AvgIpc) is 2.56. The van der Waals surface area contributed by atoms with E-state index in [0.717, 1.165) is 44.0 Å². The van der Waals surface area contributed by atoms with E-state index in [0.29, 0.717) is 0 Å². The predicted molar refractivity (Wildman–Crippen MR) is 101 cm³/mol. The number of amides is 2. The lowest BCUT2D eigenvalue weighted by molar-refractivity contribution is -0.117. The zero-order chi connectivity index (χ0) is 18.2. The SMILES string of the molecule is CC(=O)Nc1ccc(/C=C/C(=O)NC(C)CN2CCN(C)CC2)cc1. The molecule has 2 rings (SSSR count). The molecule has 1 saturated heterocycles. The Hall–Kier alpha value is -2.18. The van der Waals surface area contributed by atoms with Crippen molar-refractivity contribution in [2.45, 2.75) is 19.9 Å². The van der Waals surface area contributed by atoms with Crippen molar-refractivity contribution in [2.24, 2.45) is 0 Å². The van der Waals surface area contributed by atoms with Crippen LogP contribution in [0.2, 0.25) is 0 Å². The highest BCUT2D eigenvalue weighted by atomic mass is 16.2. The van der Waals surface area contributed by atoms with Gasteiger partial charge in [0.2, 0.25) is 11.8 Å². The standard InChI is InChI=1S/C19H28N4O2/c1-15(14-23-12-10-22(3)11-13-23)20-19(25)9-6-17-4-7-18(8-5-17)21-16(2)24/h4-9,15H,10-14H2,1-3H3,(H,20,25)(H,21,24)/b9-6+. The van der Waals surface area contributed by atoms with Gasteiger partial charge in [-0.1, -0.05) is 12.1 Å². The van der Waals surface area contributed by atoms with Crippen LogP contribution in [0.1, 0.15) is 19.4 Å². The fourth-order valence-corrected chi connectivity index (χ4v) is 2.81. The van der Waals surface area contributed by atoms with E-state index in [1.54, 1.807) is 12.2 Å². The summed E-state index contributed by atoms with van der Waals surface area (Å²) in [6.07, 6.45) is 3.32. The summed E-state index contributed by atoms with van der Waals surface area (Å²) in [7, 11) is 2.13. The molecule has 6 nitrogen and oxygen atoms in total. The first-order chi connectivity index (χ1) is 11.9. The Kier molecular flexibility index (Phi) is 7.16. The third kappa shape index (κ3) is 7.07. The summed E-state index contributed by atoms with van der Waals surface area (Å²) in [6, 6.07) is 7.47. The summed E-state index contributed by atoms with van der Waals surface area (Å²) in [5.41, 5.74) is 1.66. The Balaban J connectivity index is 1.76. The van der Waals surface area contributed by atoms with Gasteiger partial charge in [0.1, 0.15) is 0 Å². The third-order valence-corrected chi connectivity index (χ3v) is 4.17. The van der Waals surface area contributed by atoms with Crippen LogP contribution in [-0.2, 0) is 9.59 Å². The number of nitrogens with one attached hydrogen (secondary N) is 2. The van der Waals surface area contributed by atoms with Crippen LogP contribution in [0, 0.1) is 0 Å². The van der Waals surface area contributed by atoms with Crippen LogP contribution in [0.4, 0.5) is 5.69 Å². The minimum atomic E-state index is -0.1000. The molecule has 0 aliphatic carbocycles. The number of hydrogen-bond donors (Lipinski definition) is 2. The molecule has 0 bridgehead atoms. The quantitative estimate of drug-likeness (QED) is 0.766. The van der Waals surface area contributed by atoms with Crippen LogP contribution in [0.3, 0.4) is 0 Å². The first kappa shape index (κ1) is 19.1. The smallest absolute Gasteiger partial charge is 0.244 e. The lowest BCUT2D eigenvalue weighted by Crippen LogP contribution is -2.49. The monoisotopic (exact) mass is 344 g/mol. The molecule has 1 atom stereocenters. The maximum absolute atomic E-state index is 12.1. The minimum Gasteiger partial charge on any atom is -0.349 e. The van der Waals surface area contributed by atoms with Gasteiger partial charge >= 0.3 is 0 Å². The van der Waals surface area contributed by atoms with Crippen molar-refractivity contribution in [3.05, 3.63) is 35.9 Å². The van der Waals surface area contributed by atoms with Crippen molar-refractivity contribution in [2.75, 3.05) is 45.1 Å². The van der Waals surface area contributed by atoms with Crippen molar-refractivity contribution in [1.29, 1.82) is 0 Å². The van der Waals surface area contributed by atoms with Crippen molar-refractivity contribution in [3.8, 4) is 0 Å². The summed E-state index contributed by atoms with van der Waals surface area (Å²) < 4.78 is 0. The van der Waals surface area contributed by atoms with Gasteiger partial charge in [-0.2, -0.15) is 0 Å². The Morgan fingerprint density at radius 2 is 1.80 bits per heavy atom. The van der Waals surface area contributed by atoms with Gasteiger partial charge in [-0.05, 0) is 37.7 Å². The van der Waals surface area contributed by atoms with Gasteiger partial charge in [-0.15, -0.1) is 0 Å². The number of nitrogens with zero attached hydrogens (tertiary/aromatic N) is 2. The number of hydrogen-bond acceptors (Lipinski definition) is 4. The first-order valence-electron chi connectivity index (χ1n) is 8.69. The van der Waals surface area contributed by atoms with Crippen LogP contribution >= 0.6 is 0 Å². The zero-order valence-corrected chi connectivity index (χ0v) is 15.3.